The Labute approximate surface area is 225 Å². The summed E-state index contributed by atoms with van der Waals surface area (Å²) in [7, 11) is 2.18. The largest absolute Gasteiger partial charge is 0.492 e. The van der Waals surface area contributed by atoms with Crippen molar-refractivity contribution in [2.45, 2.75) is 46.6 Å². The Morgan fingerprint density at radius 3 is 2.62 bits per heavy atom. The van der Waals surface area contributed by atoms with Crippen molar-refractivity contribution in [2.24, 2.45) is 5.73 Å². The van der Waals surface area contributed by atoms with E-state index in [2.05, 4.69) is 61.1 Å². The number of thiocarbonyl (C=S) groups is 1. The van der Waals surface area contributed by atoms with Crippen molar-refractivity contribution in [1.82, 2.24) is 19.7 Å². The summed E-state index contributed by atoms with van der Waals surface area (Å²) in [4.78, 5) is 7.82. The molecule has 0 atom stereocenters. The third-order valence-corrected chi connectivity index (χ3v) is 6.88. The first kappa shape index (κ1) is 26.7. The molecule has 0 bridgehead atoms. The van der Waals surface area contributed by atoms with Crippen molar-refractivity contribution in [3.63, 3.8) is 0 Å². The highest BCUT2D eigenvalue weighted by Crippen LogP contribution is 2.36. The number of aryl methyl sites for hydroxylation is 1. The third kappa shape index (κ3) is 6.14. The van der Waals surface area contributed by atoms with Crippen LogP contribution in [0.3, 0.4) is 0 Å². The standard InChI is InChI=1S/C29H38N6OS/c1-6-36-28-10-8-7-9-27(28)35(29(30)37)23-11-12-26-25(17-23)24(21(4)32-26)14-16-33(5)15-13-22-18-31-34(19-22)20(2)3/h7-12,17-20,32H,6,13-16H2,1-5H3,(H2,30,37). The number of nitrogens with zero attached hydrogens (tertiary/aromatic N) is 4. The number of ether oxygens (including phenoxy) is 1. The zero-order chi connectivity index (χ0) is 26.5. The lowest BCUT2D eigenvalue weighted by Gasteiger charge is -2.25. The quantitative estimate of drug-likeness (QED) is 0.246. The number of benzene rings is 2. The minimum absolute atomic E-state index is 0.279. The maximum atomic E-state index is 6.23. The smallest absolute Gasteiger partial charge is 0.175 e. The molecule has 7 nitrogen and oxygen atoms in total. The van der Waals surface area contributed by atoms with E-state index in [0.717, 1.165) is 48.6 Å². The fourth-order valence-corrected chi connectivity index (χ4v) is 4.86. The van der Waals surface area contributed by atoms with Gasteiger partial charge in [0, 0.05) is 47.6 Å². The van der Waals surface area contributed by atoms with E-state index in [9.17, 15) is 0 Å². The monoisotopic (exact) mass is 518 g/mol. The molecule has 2 aromatic heterocycles. The molecule has 196 valence electrons. The zero-order valence-electron chi connectivity index (χ0n) is 22.5. The Bertz CT molecular complexity index is 1360. The first-order chi connectivity index (χ1) is 17.8. The van der Waals surface area contributed by atoms with Gasteiger partial charge in [-0.3, -0.25) is 9.58 Å². The number of hydrogen-bond donors (Lipinski definition) is 2. The molecule has 0 aliphatic heterocycles. The second-order valence-electron chi connectivity index (χ2n) is 9.76. The summed E-state index contributed by atoms with van der Waals surface area (Å²) in [6.45, 7) is 10.9. The Balaban J connectivity index is 1.53. The molecule has 0 saturated carbocycles. The van der Waals surface area contributed by atoms with E-state index in [0.29, 0.717) is 12.6 Å². The van der Waals surface area contributed by atoms with Crippen molar-refractivity contribution >= 4 is 39.6 Å². The number of para-hydroxylation sites is 2. The van der Waals surface area contributed by atoms with E-state index in [1.54, 1.807) is 0 Å². The summed E-state index contributed by atoms with van der Waals surface area (Å²) < 4.78 is 7.88. The van der Waals surface area contributed by atoms with Crippen LogP contribution in [-0.4, -0.2) is 51.5 Å². The molecule has 8 heteroatoms. The fourth-order valence-electron chi connectivity index (χ4n) is 4.66. The maximum absolute atomic E-state index is 6.23. The molecule has 4 aromatic rings. The van der Waals surface area contributed by atoms with Crippen LogP contribution in [0.1, 0.15) is 43.6 Å². The molecular formula is C29H38N6OS. The van der Waals surface area contributed by atoms with E-state index in [1.807, 2.05) is 53.0 Å². The molecule has 0 saturated heterocycles. The van der Waals surface area contributed by atoms with E-state index in [1.165, 1.54) is 22.2 Å². The molecule has 0 aliphatic rings. The van der Waals surface area contributed by atoms with Crippen LogP contribution in [0.4, 0.5) is 11.4 Å². The molecule has 37 heavy (non-hydrogen) atoms. The van der Waals surface area contributed by atoms with E-state index < -0.39 is 0 Å². The predicted molar refractivity (Wildman–Crippen MR) is 157 cm³/mol. The molecule has 0 aliphatic carbocycles. The highest BCUT2D eigenvalue weighted by Gasteiger charge is 2.19. The second kappa shape index (κ2) is 11.8. The minimum atomic E-state index is 0.279. The number of aromatic amines is 1. The number of nitrogens with one attached hydrogen (secondary N) is 1. The highest BCUT2D eigenvalue weighted by molar-refractivity contribution is 7.80. The van der Waals surface area contributed by atoms with Gasteiger partial charge in [-0.05, 0) is 101 Å². The number of hydrogen-bond acceptors (Lipinski definition) is 4. The third-order valence-electron chi connectivity index (χ3n) is 6.70. The van der Waals surface area contributed by atoms with Crippen molar-refractivity contribution < 1.29 is 4.74 Å². The maximum Gasteiger partial charge on any atom is 0.175 e. The van der Waals surface area contributed by atoms with Gasteiger partial charge in [-0.1, -0.05) is 12.1 Å². The van der Waals surface area contributed by atoms with Crippen LogP contribution in [0.2, 0.25) is 0 Å². The molecule has 3 N–H and O–H groups in total. The summed E-state index contributed by atoms with van der Waals surface area (Å²) in [6.07, 6.45) is 6.07. The number of H-pyrrole nitrogens is 1. The first-order valence-electron chi connectivity index (χ1n) is 12.9. The molecule has 0 radical (unpaired) electrons. The van der Waals surface area contributed by atoms with Gasteiger partial charge in [0.25, 0.3) is 0 Å². The van der Waals surface area contributed by atoms with E-state index >= 15 is 0 Å². The normalized spacial score (nSPS) is 11.5. The van der Waals surface area contributed by atoms with Gasteiger partial charge >= 0.3 is 0 Å². The molecular weight excluding hydrogens is 480 g/mol. The lowest BCUT2D eigenvalue weighted by Crippen LogP contribution is -2.31. The summed E-state index contributed by atoms with van der Waals surface area (Å²) in [5, 5.41) is 5.93. The van der Waals surface area contributed by atoms with Crippen LogP contribution in [0, 0.1) is 6.92 Å². The number of rotatable bonds is 11. The SMILES string of the molecule is CCOc1ccccc1N(C(N)=S)c1ccc2[nH]c(C)c(CCN(C)CCc3cnn(C(C)C)c3)c2c1. The van der Waals surface area contributed by atoms with Gasteiger partial charge < -0.3 is 20.4 Å². The summed E-state index contributed by atoms with van der Waals surface area (Å²) in [5.41, 5.74) is 12.9. The van der Waals surface area contributed by atoms with Crippen LogP contribution in [-0.2, 0) is 12.8 Å². The molecule has 0 amide bonds. The van der Waals surface area contributed by atoms with Crippen molar-refractivity contribution in [3.8, 4) is 5.75 Å². The van der Waals surface area contributed by atoms with Crippen molar-refractivity contribution in [2.75, 3.05) is 31.6 Å². The number of aromatic nitrogens is 3. The number of likely N-dealkylation sites (N-methyl/N-ethyl adjacent to an activating group) is 1. The second-order valence-corrected chi connectivity index (χ2v) is 10.2. The minimum Gasteiger partial charge on any atom is -0.492 e. The van der Waals surface area contributed by atoms with Crippen LogP contribution in [0.25, 0.3) is 10.9 Å². The molecule has 0 fully saturated rings. The molecule has 4 rings (SSSR count). The Morgan fingerprint density at radius 2 is 1.92 bits per heavy atom. The van der Waals surface area contributed by atoms with Crippen molar-refractivity contribution in [3.05, 3.63) is 71.7 Å². The molecule has 2 heterocycles. The first-order valence-corrected chi connectivity index (χ1v) is 13.3. The van der Waals surface area contributed by atoms with E-state index in [4.69, 9.17) is 22.7 Å². The van der Waals surface area contributed by atoms with Crippen LogP contribution in [0.5, 0.6) is 5.75 Å². The fraction of sp³-hybridized carbons (Fsp3) is 0.379. The van der Waals surface area contributed by atoms with Crippen LogP contribution < -0.4 is 15.4 Å². The van der Waals surface area contributed by atoms with Gasteiger partial charge in [0.05, 0.1) is 18.5 Å². The van der Waals surface area contributed by atoms with Gasteiger partial charge in [0.15, 0.2) is 5.11 Å². The number of nitrogens with two attached hydrogens (primary N) is 1. The zero-order valence-corrected chi connectivity index (χ0v) is 23.3. The van der Waals surface area contributed by atoms with Gasteiger partial charge in [0.2, 0.25) is 0 Å². The summed E-state index contributed by atoms with van der Waals surface area (Å²) in [6, 6.07) is 14.6. The highest BCUT2D eigenvalue weighted by atomic mass is 32.1. The van der Waals surface area contributed by atoms with Crippen LogP contribution >= 0.6 is 12.2 Å². The van der Waals surface area contributed by atoms with Gasteiger partial charge in [-0.25, -0.2) is 0 Å². The summed E-state index contributed by atoms with van der Waals surface area (Å²) >= 11 is 5.48. The average molecular weight is 519 g/mol. The van der Waals surface area contributed by atoms with Crippen molar-refractivity contribution in [1.29, 1.82) is 0 Å². The summed E-state index contributed by atoms with van der Waals surface area (Å²) in [5.74, 6) is 0.754. The Morgan fingerprint density at radius 1 is 1.16 bits per heavy atom. The molecule has 0 spiro atoms. The lowest BCUT2D eigenvalue weighted by molar-refractivity contribution is 0.341. The van der Waals surface area contributed by atoms with Crippen LogP contribution in [0.15, 0.2) is 54.9 Å². The van der Waals surface area contributed by atoms with Gasteiger partial charge in [-0.2, -0.15) is 5.10 Å². The van der Waals surface area contributed by atoms with E-state index in [-0.39, 0.29) is 5.11 Å². The average Bonchev–Trinajstić information content (AvgIpc) is 3.46. The number of anilines is 2. The van der Waals surface area contributed by atoms with Gasteiger partial charge in [0.1, 0.15) is 5.75 Å². The predicted octanol–water partition coefficient (Wildman–Crippen LogP) is 5.75. The lowest BCUT2D eigenvalue weighted by atomic mass is 10.1. The molecule has 0 unspecified atom stereocenters. The Kier molecular flexibility index (Phi) is 8.51. The number of fused-ring (bicyclic) bond motifs is 1. The Hall–Kier alpha value is -3.36. The topological polar surface area (TPSA) is 75.3 Å². The molecule has 2 aromatic carbocycles. The van der Waals surface area contributed by atoms with Gasteiger partial charge in [-0.15, -0.1) is 0 Å².